The molecule has 0 bridgehead atoms. The first-order chi connectivity index (χ1) is 9.34. The van der Waals surface area contributed by atoms with Crippen LogP contribution in [0.25, 0.3) is 0 Å². The van der Waals surface area contributed by atoms with Crippen LogP contribution < -0.4 is 5.32 Å². The van der Waals surface area contributed by atoms with Gasteiger partial charge in [-0.3, -0.25) is 4.79 Å². The molecule has 2 saturated heterocycles. The van der Waals surface area contributed by atoms with E-state index in [0.29, 0.717) is 18.1 Å². The number of carbonyl (C=O) groups is 1. The Morgan fingerprint density at radius 3 is 2.89 bits per heavy atom. The lowest BCUT2D eigenvalue weighted by atomic mass is 9.93. The summed E-state index contributed by atoms with van der Waals surface area (Å²) in [4.78, 5) is 14.6. The van der Waals surface area contributed by atoms with Crippen LogP contribution in [-0.4, -0.2) is 49.2 Å². The number of fused-ring (bicyclic) bond motifs is 1. The fourth-order valence-corrected chi connectivity index (χ4v) is 3.88. The van der Waals surface area contributed by atoms with Gasteiger partial charge in [0.15, 0.2) is 0 Å². The third-order valence-corrected chi connectivity index (χ3v) is 5.03. The third-order valence-electron chi connectivity index (χ3n) is 5.03. The summed E-state index contributed by atoms with van der Waals surface area (Å²) < 4.78 is 5.77. The Bertz CT molecular complexity index is 315. The molecule has 0 spiro atoms. The van der Waals surface area contributed by atoms with Crippen molar-refractivity contribution in [2.75, 3.05) is 26.2 Å². The Labute approximate surface area is 115 Å². The highest BCUT2D eigenvalue weighted by Gasteiger charge is 2.38. The summed E-state index contributed by atoms with van der Waals surface area (Å²) in [6.07, 6.45) is 8.13. The van der Waals surface area contributed by atoms with E-state index >= 15 is 0 Å². The van der Waals surface area contributed by atoms with Gasteiger partial charge in [0.25, 0.3) is 0 Å². The van der Waals surface area contributed by atoms with Gasteiger partial charge in [0.05, 0.1) is 18.8 Å². The van der Waals surface area contributed by atoms with E-state index in [2.05, 4.69) is 10.2 Å². The minimum absolute atomic E-state index is 0.330. The van der Waals surface area contributed by atoms with E-state index in [1.165, 1.54) is 19.3 Å². The summed E-state index contributed by atoms with van der Waals surface area (Å²) in [5, 5.41) is 3.38. The van der Waals surface area contributed by atoms with Crippen molar-refractivity contribution in [1.82, 2.24) is 10.2 Å². The van der Waals surface area contributed by atoms with Gasteiger partial charge in [-0.25, -0.2) is 0 Å². The minimum Gasteiger partial charge on any atom is -0.374 e. The molecule has 19 heavy (non-hydrogen) atoms. The first kappa shape index (κ1) is 13.4. The smallest absolute Gasteiger partial charge is 0.222 e. The zero-order valence-corrected chi connectivity index (χ0v) is 11.8. The second-order valence-corrected chi connectivity index (χ2v) is 6.23. The lowest BCUT2D eigenvalue weighted by Gasteiger charge is -2.38. The Kier molecular flexibility index (Phi) is 4.38. The van der Waals surface area contributed by atoms with Crippen LogP contribution in [0.15, 0.2) is 0 Å². The normalized spacial score (nSPS) is 32.3. The molecule has 2 heterocycles. The molecule has 0 aromatic carbocycles. The summed E-state index contributed by atoms with van der Waals surface area (Å²) in [5.41, 5.74) is 0. The molecule has 0 radical (unpaired) electrons. The predicted molar refractivity (Wildman–Crippen MR) is 73.9 cm³/mol. The van der Waals surface area contributed by atoms with E-state index in [4.69, 9.17) is 4.74 Å². The largest absolute Gasteiger partial charge is 0.374 e. The second-order valence-electron chi connectivity index (χ2n) is 6.23. The molecule has 0 aromatic heterocycles. The lowest BCUT2D eigenvalue weighted by molar-refractivity contribution is -0.144. The minimum atomic E-state index is 0.330. The molecule has 3 fully saturated rings. The molecule has 0 aromatic rings. The van der Waals surface area contributed by atoms with Crippen molar-refractivity contribution >= 4 is 5.91 Å². The van der Waals surface area contributed by atoms with Crippen LogP contribution in [-0.2, 0) is 9.53 Å². The van der Waals surface area contributed by atoms with Gasteiger partial charge in [0.1, 0.15) is 0 Å². The number of amides is 1. The van der Waals surface area contributed by atoms with Gasteiger partial charge < -0.3 is 15.0 Å². The molecule has 4 heteroatoms. The van der Waals surface area contributed by atoms with Crippen LogP contribution in [0.1, 0.15) is 44.9 Å². The van der Waals surface area contributed by atoms with Crippen molar-refractivity contribution < 1.29 is 9.53 Å². The van der Waals surface area contributed by atoms with Gasteiger partial charge in [0, 0.05) is 13.0 Å². The molecule has 1 N–H and O–H groups in total. The molecule has 108 valence electrons. The summed E-state index contributed by atoms with van der Waals surface area (Å²) in [5.74, 6) is 1.13. The van der Waals surface area contributed by atoms with Gasteiger partial charge in [-0.15, -0.1) is 0 Å². The summed E-state index contributed by atoms with van der Waals surface area (Å²) in [6, 6.07) is 0.384. The van der Waals surface area contributed by atoms with Crippen molar-refractivity contribution in [2.24, 2.45) is 5.92 Å². The molecule has 2 atom stereocenters. The Hall–Kier alpha value is -0.610. The molecular formula is C15H26N2O2. The quantitative estimate of drug-likeness (QED) is 0.842. The van der Waals surface area contributed by atoms with Crippen LogP contribution in [0.3, 0.4) is 0 Å². The SMILES string of the molecule is O=C(CCC1CCNCC1)N1CCOC2CCCC21. The first-order valence-electron chi connectivity index (χ1n) is 7.96. The standard InChI is InChI=1S/C15H26N2O2/c18-15(5-4-12-6-8-16-9-7-12)17-10-11-19-14-3-1-2-13(14)17/h12-14,16H,1-11H2. The van der Waals surface area contributed by atoms with Gasteiger partial charge in [-0.1, -0.05) is 0 Å². The summed E-state index contributed by atoms with van der Waals surface area (Å²) >= 11 is 0. The van der Waals surface area contributed by atoms with Crippen molar-refractivity contribution in [3.63, 3.8) is 0 Å². The van der Waals surface area contributed by atoms with E-state index in [1.54, 1.807) is 0 Å². The number of hydrogen-bond donors (Lipinski definition) is 1. The number of piperidine rings is 1. The van der Waals surface area contributed by atoms with Crippen molar-refractivity contribution in [2.45, 2.75) is 57.1 Å². The highest BCUT2D eigenvalue weighted by Crippen LogP contribution is 2.30. The lowest BCUT2D eigenvalue weighted by Crippen LogP contribution is -2.51. The number of morpholine rings is 1. The Balaban J connectivity index is 1.48. The monoisotopic (exact) mass is 266 g/mol. The molecule has 2 aliphatic heterocycles. The number of hydrogen-bond acceptors (Lipinski definition) is 3. The van der Waals surface area contributed by atoms with Crippen LogP contribution >= 0.6 is 0 Å². The molecule has 1 aliphatic carbocycles. The van der Waals surface area contributed by atoms with Gasteiger partial charge in [-0.2, -0.15) is 0 Å². The van der Waals surface area contributed by atoms with Crippen LogP contribution in [0, 0.1) is 5.92 Å². The molecular weight excluding hydrogens is 240 g/mol. The first-order valence-corrected chi connectivity index (χ1v) is 7.96. The van der Waals surface area contributed by atoms with E-state index < -0.39 is 0 Å². The fourth-order valence-electron chi connectivity index (χ4n) is 3.88. The van der Waals surface area contributed by atoms with E-state index in [9.17, 15) is 4.79 Å². The van der Waals surface area contributed by atoms with E-state index in [-0.39, 0.29) is 0 Å². The summed E-state index contributed by atoms with van der Waals surface area (Å²) in [6.45, 7) is 3.80. The number of carbonyl (C=O) groups excluding carboxylic acids is 1. The van der Waals surface area contributed by atoms with Gasteiger partial charge in [0.2, 0.25) is 5.91 Å². The molecule has 1 saturated carbocycles. The topological polar surface area (TPSA) is 41.6 Å². The zero-order valence-electron chi connectivity index (χ0n) is 11.8. The zero-order chi connectivity index (χ0) is 13.1. The average Bonchev–Trinajstić information content (AvgIpc) is 2.94. The maximum absolute atomic E-state index is 12.4. The maximum atomic E-state index is 12.4. The van der Waals surface area contributed by atoms with Crippen molar-refractivity contribution in [1.29, 1.82) is 0 Å². The Morgan fingerprint density at radius 2 is 2.05 bits per heavy atom. The Morgan fingerprint density at radius 1 is 1.21 bits per heavy atom. The third kappa shape index (κ3) is 3.11. The molecule has 4 nitrogen and oxygen atoms in total. The van der Waals surface area contributed by atoms with Crippen molar-refractivity contribution in [3.8, 4) is 0 Å². The number of ether oxygens (including phenoxy) is 1. The predicted octanol–water partition coefficient (Wildman–Crippen LogP) is 1.55. The highest BCUT2D eigenvalue weighted by atomic mass is 16.5. The molecule has 1 amide bonds. The van der Waals surface area contributed by atoms with Crippen LogP contribution in [0.5, 0.6) is 0 Å². The van der Waals surface area contributed by atoms with Gasteiger partial charge in [-0.05, 0) is 57.5 Å². The van der Waals surface area contributed by atoms with Crippen LogP contribution in [0.4, 0.5) is 0 Å². The molecule has 3 aliphatic rings. The van der Waals surface area contributed by atoms with Gasteiger partial charge >= 0.3 is 0 Å². The average molecular weight is 266 g/mol. The van der Waals surface area contributed by atoms with Crippen molar-refractivity contribution in [3.05, 3.63) is 0 Å². The fraction of sp³-hybridized carbons (Fsp3) is 0.933. The van der Waals surface area contributed by atoms with E-state index in [0.717, 1.165) is 57.8 Å². The summed E-state index contributed by atoms with van der Waals surface area (Å²) in [7, 11) is 0. The maximum Gasteiger partial charge on any atom is 0.222 e. The van der Waals surface area contributed by atoms with Crippen LogP contribution in [0.2, 0.25) is 0 Å². The number of nitrogens with zero attached hydrogens (tertiary/aromatic N) is 1. The highest BCUT2D eigenvalue weighted by molar-refractivity contribution is 5.76. The van der Waals surface area contributed by atoms with E-state index in [1.807, 2.05) is 0 Å². The molecule has 2 unspecified atom stereocenters. The molecule has 3 rings (SSSR count). The number of nitrogens with one attached hydrogen (secondary N) is 1. The number of rotatable bonds is 3. The second kappa shape index (κ2) is 6.23.